The van der Waals surface area contributed by atoms with E-state index >= 15 is 0 Å². The summed E-state index contributed by atoms with van der Waals surface area (Å²) in [6.07, 6.45) is 2.15. The van der Waals surface area contributed by atoms with Gasteiger partial charge in [0.25, 0.3) is 11.8 Å². The first-order valence-corrected chi connectivity index (χ1v) is 10.8. The van der Waals surface area contributed by atoms with E-state index in [4.69, 9.17) is 9.47 Å². The van der Waals surface area contributed by atoms with Crippen molar-refractivity contribution >= 4 is 23.1 Å². The maximum absolute atomic E-state index is 13.7. The third-order valence-electron chi connectivity index (χ3n) is 6.30. The molecule has 0 bridgehead atoms. The molecule has 0 aromatic heterocycles. The zero-order valence-electron chi connectivity index (χ0n) is 18.1. The van der Waals surface area contributed by atoms with Crippen molar-refractivity contribution in [3.8, 4) is 11.5 Å². The minimum atomic E-state index is -0.288. The van der Waals surface area contributed by atoms with E-state index in [0.717, 1.165) is 42.6 Å². The van der Waals surface area contributed by atoms with Gasteiger partial charge in [0.1, 0.15) is 5.70 Å². The number of hydrogen-bond donors (Lipinski definition) is 0. The number of carbonyl (C=O) groups excluding carboxylic acids is 2. The molecule has 0 radical (unpaired) electrons. The summed E-state index contributed by atoms with van der Waals surface area (Å²) in [6.45, 7) is 7.91. The van der Waals surface area contributed by atoms with Gasteiger partial charge in [-0.15, -0.1) is 0 Å². The molecule has 0 aliphatic carbocycles. The molecule has 3 aliphatic heterocycles. The predicted octanol–water partition coefficient (Wildman–Crippen LogP) is 4.05. The van der Waals surface area contributed by atoms with E-state index < -0.39 is 0 Å². The van der Waals surface area contributed by atoms with Crippen LogP contribution < -0.4 is 14.4 Å². The van der Waals surface area contributed by atoms with Gasteiger partial charge in [-0.2, -0.15) is 0 Å². The Morgan fingerprint density at radius 2 is 1.77 bits per heavy atom. The van der Waals surface area contributed by atoms with Gasteiger partial charge in [-0.1, -0.05) is 30.7 Å². The molecule has 1 fully saturated rings. The van der Waals surface area contributed by atoms with Crippen LogP contribution in [0.25, 0.3) is 5.57 Å². The van der Waals surface area contributed by atoms with E-state index in [2.05, 4.69) is 17.9 Å². The lowest BCUT2D eigenvalue weighted by molar-refractivity contribution is -0.120. The quantitative estimate of drug-likeness (QED) is 0.704. The van der Waals surface area contributed by atoms with Gasteiger partial charge < -0.3 is 14.4 Å². The van der Waals surface area contributed by atoms with E-state index in [0.29, 0.717) is 34.4 Å². The number of carbonyl (C=O) groups is 2. The molecule has 0 saturated carbocycles. The highest BCUT2D eigenvalue weighted by molar-refractivity contribution is 6.45. The normalized spacial score (nSPS) is 20.8. The molecule has 6 nitrogen and oxygen atoms in total. The number of likely N-dealkylation sites (tertiary alicyclic amines) is 1. The van der Waals surface area contributed by atoms with Crippen molar-refractivity contribution in [1.29, 1.82) is 0 Å². The van der Waals surface area contributed by atoms with Crippen LogP contribution in [0.3, 0.4) is 0 Å². The number of fused-ring (bicyclic) bond motifs is 1. The molecule has 2 aromatic rings. The van der Waals surface area contributed by atoms with Crippen LogP contribution in [0.4, 0.5) is 5.69 Å². The molecular formula is C25H26N2O4. The number of ether oxygens (including phenoxy) is 2. The fourth-order valence-electron chi connectivity index (χ4n) is 4.80. The summed E-state index contributed by atoms with van der Waals surface area (Å²) >= 11 is 0. The molecule has 1 saturated heterocycles. The van der Waals surface area contributed by atoms with Crippen LogP contribution >= 0.6 is 0 Å². The van der Waals surface area contributed by atoms with Crippen LogP contribution in [0.15, 0.2) is 42.1 Å². The van der Waals surface area contributed by atoms with Crippen molar-refractivity contribution in [2.45, 2.75) is 33.6 Å². The highest BCUT2D eigenvalue weighted by Gasteiger charge is 2.43. The molecule has 6 heteroatoms. The molecular weight excluding hydrogens is 392 g/mol. The monoisotopic (exact) mass is 418 g/mol. The van der Waals surface area contributed by atoms with E-state index in [1.54, 1.807) is 18.2 Å². The third kappa shape index (κ3) is 3.26. The van der Waals surface area contributed by atoms with Crippen molar-refractivity contribution in [1.82, 2.24) is 4.90 Å². The molecule has 2 aromatic carbocycles. The fourth-order valence-corrected chi connectivity index (χ4v) is 4.80. The SMILES string of the molecule is Cc1ccc(C2=C(N3CCCC(C)C3)C(=O)N(c3ccc4c(c3)OCO4)C2=O)c(C)c1. The second-order valence-electron chi connectivity index (χ2n) is 8.72. The number of hydrogen-bond acceptors (Lipinski definition) is 5. The van der Waals surface area contributed by atoms with Crippen LogP contribution in [-0.2, 0) is 9.59 Å². The molecule has 3 aliphatic rings. The summed E-state index contributed by atoms with van der Waals surface area (Å²) in [5, 5.41) is 0. The van der Waals surface area contributed by atoms with E-state index in [-0.39, 0.29) is 18.6 Å². The summed E-state index contributed by atoms with van der Waals surface area (Å²) < 4.78 is 10.9. The first kappa shape index (κ1) is 19.7. The largest absolute Gasteiger partial charge is 0.454 e. The number of benzene rings is 2. The summed E-state index contributed by atoms with van der Waals surface area (Å²) in [7, 11) is 0. The molecule has 0 N–H and O–H groups in total. The third-order valence-corrected chi connectivity index (χ3v) is 6.30. The number of aryl methyl sites for hydroxylation is 2. The molecule has 2 amide bonds. The maximum Gasteiger partial charge on any atom is 0.282 e. The number of anilines is 1. The second-order valence-corrected chi connectivity index (χ2v) is 8.72. The zero-order chi connectivity index (χ0) is 21.7. The Bertz CT molecular complexity index is 1120. The Balaban J connectivity index is 1.63. The average molecular weight is 418 g/mol. The first-order chi connectivity index (χ1) is 14.9. The summed E-state index contributed by atoms with van der Waals surface area (Å²) in [5.74, 6) is 1.09. The number of imide groups is 1. The van der Waals surface area contributed by atoms with Crippen molar-refractivity contribution in [3.05, 3.63) is 58.8 Å². The van der Waals surface area contributed by atoms with Crippen molar-refractivity contribution < 1.29 is 19.1 Å². The Morgan fingerprint density at radius 3 is 2.55 bits per heavy atom. The van der Waals surface area contributed by atoms with E-state index in [9.17, 15) is 9.59 Å². The summed E-state index contributed by atoms with van der Waals surface area (Å²) in [5.41, 5.74) is 4.45. The lowest BCUT2D eigenvalue weighted by Crippen LogP contribution is -2.39. The molecule has 31 heavy (non-hydrogen) atoms. The lowest BCUT2D eigenvalue weighted by atomic mass is 9.95. The Kier molecular flexibility index (Phi) is 4.73. The highest BCUT2D eigenvalue weighted by atomic mass is 16.7. The first-order valence-electron chi connectivity index (χ1n) is 10.8. The average Bonchev–Trinajstić information content (AvgIpc) is 3.29. The Hall–Kier alpha value is -3.28. The van der Waals surface area contributed by atoms with Gasteiger partial charge in [-0.05, 0) is 55.9 Å². The van der Waals surface area contributed by atoms with Crippen molar-refractivity contribution in [2.75, 3.05) is 24.8 Å². The van der Waals surface area contributed by atoms with Gasteiger partial charge in [0, 0.05) is 19.2 Å². The molecule has 1 atom stereocenters. The van der Waals surface area contributed by atoms with Crippen LogP contribution in [0.5, 0.6) is 11.5 Å². The summed E-state index contributed by atoms with van der Waals surface area (Å²) in [4.78, 5) is 30.8. The zero-order valence-corrected chi connectivity index (χ0v) is 18.1. The van der Waals surface area contributed by atoms with Crippen LogP contribution in [0, 0.1) is 19.8 Å². The standard InChI is InChI=1S/C25H26N2O4/c1-15-6-8-19(17(3)11-15)22-23(26-10-4-5-16(2)13-26)25(29)27(24(22)28)18-7-9-20-21(12-18)31-14-30-20/h6-9,11-12,16H,4-5,10,13-14H2,1-3H3. The molecule has 0 spiro atoms. The predicted molar refractivity (Wildman–Crippen MR) is 118 cm³/mol. The van der Waals surface area contributed by atoms with Crippen LogP contribution in [-0.4, -0.2) is 36.6 Å². The van der Waals surface area contributed by atoms with Gasteiger partial charge in [0.2, 0.25) is 6.79 Å². The van der Waals surface area contributed by atoms with Crippen molar-refractivity contribution in [2.24, 2.45) is 5.92 Å². The van der Waals surface area contributed by atoms with Gasteiger partial charge in [-0.3, -0.25) is 9.59 Å². The number of piperidine rings is 1. The maximum atomic E-state index is 13.7. The fraction of sp³-hybridized carbons (Fsp3) is 0.360. The molecule has 3 heterocycles. The molecule has 1 unspecified atom stereocenters. The van der Waals surface area contributed by atoms with Gasteiger partial charge in [0.15, 0.2) is 11.5 Å². The topological polar surface area (TPSA) is 59.1 Å². The van der Waals surface area contributed by atoms with Gasteiger partial charge in [-0.25, -0.2) is 4.90 Å². The lowest BCUT2D eigenvalue weighted by Gasteiger charge is -2.33. The Labute approximate surface area is 182 Å². The molecule has 160 valence electrons. The number of rotatable bonds is 3. The second kappa shape index (κ2) is 7.45. The van der Waals surface area contributed by atoms with Crippen LogP contribution in [0.2, 0.25) is 0 Å². The molecule has 5 rings (SSSR count). The number of amides is 2. The summed E-state index contributed by atoms with van der Waals surface area (Å²) in [6, 6.07) is 11.2. The number of nitrogens with zero attached hydrogens (tertiary/aromatic N) is 2. The van der Waals surface area contributed by atoms with Gasteiger partial charge in [0.05, 0.1) is 11.3 Å². The van der Waals surface area contributed by atoms with Crippen molar-refractivity contribution in [3.63, 3.8) is 0 Å². The smallest absolute Gasteiger partial charge is 0.282 e. The van der Waals surface area contributed by atoms with E-state index in [1.165, 1.54) is 4.90 Å². The Morgan fingerprint density at radius 1 is 0.968 bits per heavy atom. The van der Waals surface area contributed by atoms with E-state index in [1.807, 2.05) is 26.0 Å². The van der Waals surface area contributed by atoms with Crippen LogP contribution in [0.1, 0.15) is 36.5 Å². The minimum Gasteiger partial charge on any atom is -0.454 e. The highest BCUT2D eigenvalue weighted by Crippen LogP contribution is 2.41. The minimum absolute atomic E-state index is 0.143. The van der Waals surface area contributed by atoms with Gasteiger partial charge >= 0.3 is 0 Å².